The maximum atomic E-state index is 11.9. The minimum Gasteiger partial charge on any atom is -0.325 e. The maximum Gasteiger partial charge on any atom is 0.254 e. The van der Waals surface area contributed by atoms with Crippen LogP contribution in [0.5, 0.6) is 0 Å². The molecule has 0 atom stereocenters. The van der Waals surface area contributed by atoms with Gasteiger partial charge in [0.25, 0.3) is 5.56 Å². The number of thioether (sulfide) groups is 1. The molecule has 0 bridgehead atoms. The molecule has 0 aliphatic rings. The molecule has 0 saturated carbocycles. The standard InChI is InChI=1S/C14H14BrN3O2S/c1-8-9(2)16-14(18-13(8)20)21-7-12(19)17-11-5-3-4-10(15)6-11/h3-6H,7H2,1-2H3,(H,17,19)(H,16,18,20). The third kappa shape index (κ3) is 4.44. The number of aromatic nitrogens is 2. The summed E-state index contributed by atoms with van der Waals surface area (Å²) >= 11 is 4.54. The molecular weight excluding hydrogens is 354 g/mol. The Kier molecular flexibility index (Phi) is 5.19. The number of aryl methyl sites for hydroxylation is 1. The van der Waals surface area contributed by atoms with Crippen molar-refractivity contribution in [1.82, 2.24) is 9.97 Å². The molecule has 0 fully saturated rings. The smallest absolute Gasteiger partial charge is 0.254 e. The molecule has 2 N–H and O–H groups in total. The summed E-state index contributed by atoms with van der Waals surface area (Å²) in [6.45, 7) is 3.49. The van der Waals surface area contributed by atoms with Crippen LogP contribution in [-0.2, 0) is 4.79 Å². The molecule has 0 spiro atoms. The zero-order valence-corrected chi connectivity index (χ0v) is 14.0. The molecule has 5 nitrogen and oxygen atoms in total. The zero-order chi connectivity index (χ0) is 15.4. The Balaban J connectivity index is 1.97. The number of H-pyrrole nitrogens is 1. The second-order valence-electron chi connectivity index (χ2n) is 4.43. The lowest BCUT2D eigenvalue weighted by molar-refractivity contribution is -0.113. The highest BCUT2D eigenvalue weighted by Crippen LogP contribution is 2.17. The van der Waals surface area contributed by atoms with Gasteiger partial charge in [0.2, 0.25) is 5.91 Å². The summed E-state index contributed by atoms with van der Waals surface area (Å²) in [5.41, 5.74) is 1.82. The number of hydrogen-bond donors (Lipinski definition) is 2. The Hall–Kier alpha value is -1.60. The van der Waals surface area contributed by atoms with Crippen LogP contribution in [0.2, 0.25) is 0 Å². The molecule has 0 aliphatic carbocycles. The molecule has 1 aromatic carbocycles. The molecule has 0 saturated heterocycles. The summed E-state index contributed by atoms with van der Waals surface area (Å²) < 4.78 is 0.896. The summed E-state index contributed by atoms with van der Waals surface area (Å²) in [5, 5.41) is 3.24. The number of nitrogens with one attached hydrogen (secondary N) is 2. The van der Waals surface area contributed by atoms with Crippen LogP contribution < -0.4 is 10.9 Å². The number of hydrogen-bond acceptors (Lipinski definition) is 4. The summed E-state index contributed by atoms with van der Waals surface area (Å²) in [6, 6.07) is 7.35. The van der Waals surface area contributed by atoms with E-state index < -0.39 is 0 Å². The van der Waals surface area contributed by atoms with Crippen molar-refractivity contribution in [2.24, 2.45) is 0 Å². The van der Waals surface area contributed by atoms with Gasteiger partial charge in [-0.25, -0.2) is 4.98 Å². The maximum absolute atomic E-state index is 11.9. The first-order valence-corrected chi connectivity index (χ1v) is 7.99. The summed E-state index contributed by atoms with van der Waals surface area (Å²) in [4.78, 5) is 30.4. The molecular formula is C14H14BrN3O2S. The van der Waals surface area contributed by atoms with E-state index in [1.54, 1.807) is 13.8 Å². The zero-order valence-electron chi connectivity index (χ0n) is 11.6. The Morgan fingerprint density at radius 3 is 2.86 bits per heavy atom. The number of anilines is 1. The predicted molar refractivity (Wildman–Crippen MR) is 87.8 cm³/mol. The Bertz CT molecular complexity index is 730. The molecule has 7 heteroatoms. The molecule has 110 valence electrons. The number of rotatable bonds is 4. The van der Waals surface area contributed by atoms with Crippen molar-refractivity contribution in [3.63, 3.8) is 0 Å². The van der Waals surface area contributed by atoms with Crippen LogP contribution in [0.15, 0.2) is 38.7 Å². The van der Waals surface area contributed by atoms with Crippen LogP contribution in [0, 0.1) is 13.8 Å². The van der Waals surface area contributed by atoms with E-state index >= 15 is 0 Å². The van der Waals surface area contributed by atoms with Crippen molar-refractivity contribution >= 4 is 39.3 Å². The number of aromatic amines is 1. The van der Waals surface area contributed by atoms with Crippen molar-refractivity contribution in [3.05, 3.63) is 50.3 Å². The van der Waals surface area contributed by atoms with Gasteiger partial charge in [-0.2, -0.15) is 0 Å². The van der Waals surface area contributed by atoms with Gasteiger partial charge < -0.3 is 10.3 Å². The molecule has 1 heterocycles. The van der Waals surface area contributed by atoms with Crippen LogP contribution in [0.4, 0.5) is 5.69 Å². The normalized spacial score (nSPS) is 10.4. The Morgan fingerprint density at radius 1 is 1.43 bits per heavy atom. The summed E-state index contributed by atoms with van der Waals surface area (Å²) in [5.74, 6) is 0.0248. The second-order valence-corrected chi connectivity index (χ2v) is 6.31. The van der Waals surface area contributed by atoms with Crippen molar-refractivity contribution < 1.29 is 4.79 Å². The van der Waals surface area contributed by atoms with Crippen molar-refractivity contribution in [2.45, 2.75) is 19.0 Å². The van der Waals surface area contributed by atoms with Crippen LogP contribution in [0.25, 0.3) is 0 Å². The number of benzene rings is 1. The first kappa shape index (κ1) is 15.8. The first-order chi connectivity index (χ1) is 9.95. The van der Waals surface area contributed by atoms with Crippen LogP contribution >= 0.6 is 27.7 Å². The highest BCUT2D eigenvalue weighted by molar-refractivity contribution is 9.10. The van der Waals surface area contributed by atoms with E-state index in [4.69, 9.17) is 0 Å². The molecule has 0 aliphatic heterocycles. The monoisotopic (exact) mass is 367 g/mol. The summed E-state index contributed by atoms with van der Waals surface area (Å²) in [7, 11) is 0. The Morgan fingerprint density at radius 2 is 2.19 bits per heavy atom. The van der Waals surface area contributed by atoms with E-state index in [1.165, 1.54) is 11.8 Å². The van der Waals surface area contributed by atoms with E-state index in [9.17, 15) is 9.59 Å². The van der Waals surface area contributed by atoms with Gasteiger partial charge in [-0.05, 0) is 32.0 Å². The van der Waals surface area contributed by atoms with Gasteiger partial charge in [0.1, 0.15) is 0 Å². The summed E-state index contributed by atoms with van der Waals surface area (Å²) in [6.07, 6.45) is 0. The fourth-order valence-electron chi connectivity index (χ4n) is 1.58. The van der Waals surface area contributed by atoms with Gasteiger partial charge in [-0.15, -0.1) is 0 Å². The highest BCUT2D eigenvalue weighted by Gasteiger charge is 2.08. The van der Waals surface area contributed by atoms with Crippen molar-refractivity contribution in [2.75, 3.05) is 11.1 Å². The molecule has 0 radical (unpaired) electrons. The molecule has 1 amide bonds. The third-order valence-electron chi connectivity index (χ3n) is 2.82. The van der Waals surface area contributed by atoms with Crippen LogP contribution in [0.3, 0.4) is 0 Å². The molecule has 0 unspecified atom stereocenters. The van der Waals surface area contributed by atoms with E-state index in [0.29, 0.717) is 16.4 Å². The minimum atomic E-state index is -0.169. The Labute approximate surface area is 134 Å². The van der Waals surface area contributed by atoms with Crippen molar-refractivity contribution in [3.8, 4) is 0 Å². The number of nitrogens with zero attached hydrogens (tertiary/aromatic N) is 1. The number of amides is 1. The van der Waals surface area contributed by atoms with E-state index in [1.807, 2.05) is 24.3 Å². The third-order valence-corrected chi connectivity index (χ3v) is 4.19. The fraction of sp³-hybridized carbons (Fsp3) is 0.214. The lowest BCUT2D eigenvalue weighted by Crippen LogP contribution is -2.17. The van der Waals surface area contributed by atoms with Crippen LogP contribution in [0.1, 0.15) is 11.3 Å². The molecule has 1 aromatic heterocycles. The van der Waals surface area contributed by atoms with Crippen LogP contribution in [-0.4, -0.2) is 21.6 Å². The quantitative estimate of drug-likeness (QED) is 0.643. The lowest BCUT2D eigenvalue weighted by Gasteiger charge is -2.06. The lowest BCUT2D eigenvalue weighted by atomic mass is 10.3. The first-order valence-electron chi connectivity index (χ1n) is 6.21. The van der Waals surface area contributed by atoms with Gasteiger partial charge in [0, 0.05) is 21.4 Å². The molecule has 2 aromatic rings. The molecule has 21 heavy (non-hydrogen) atoms. The SMILES string of the molecule is Cc1nc(SCC(=O)Nc2cccc(Br)c2)[nH]c(=O)c1C. The van der Waals surface area contributed by atoms with E-state index in [0.717, 1.165) is 10.2 Å². The van der Waals surface area contributed by atoms with Gasteiger partial charge >= 0.3 is 0 Å². The topological polar surface area (TPSA) is 74.8 Å². The highest BCUT2D eigenvalue weighted by atomic mass is 79.9. The van der Waals surface area contributed by atoms with E-state index in [-0.39, 0.29) is 17.2 Å². The number of carbonyl (C=O) groups excluding carboxylic acids is 1. The minimum absolute atomic E-state index is 0.154. The molecule has 2 rings (SSSR count). The fourth-order valence-corrected chi connectivity index (χ4v) is 2.69. The predicted octanol–water partition coefficient (Wildman–Crippen LogP) is 2.88. The van der Waals surface area contributed by atoms with Gasteiger partial charge in [-0.1, -0.05) is 33.8 Å². The van der Waals surface area contributed by atoms with Crippen molar-refractivity contribution in [1.29, 1.82) is 0 Å². The van der Waals surface area contributed by atoms with Gasteiger partial charge in [-0.3, -0.25) is 9.59 Å². The number of carbonyl (C=O) groups is 1. The van der Waals surface area contributed by atoms with E-state index in [2.05, 4.69) is 31.2 Å². The largest absolute Gasteiger partial charge is 0.325 e. The second kappa shape index (κ2) is 6.91. The van der Waals surface area contributed by atoms with Gasteiger partial charge in [0.05, 0.1) is 5.75 Å². The number of halogens is 1. The average molecular weight is 368 g/mol. The van der Waals surface area contributed by atoms with Gasteiger partial charge in [0.15, 0.2) is 5.16 Å². The average Bonchev–Trinajstić information content (AvgIpc) is 2.42.